The van der Waals surface area contributed by atoms with Crippen molar-refractivity contribution in [1.82, 2.24) is 0 Å². The van der Waals surface area contributed by atoms with Crippen molar-refractivity contribution in [2.75, 3.05) is 0 Å². The maximum absolute atomic E-state index is 9.64. The van der Waals surface area contributed by atoms with Gasteiger partial charge in [0.1, 0.15) is 0 Å². The van der Waals surface area contributed by atoms with Crippen molar-refractivity contribution >= 4 is 11.9 Å². The van der Waals surface area contributed by atoms with E-state index in [0.717, 1.165) is 6.42 Å². The van der Waals surface area contributed by atoms with E-state index in [4.69, 9.17) is 10.2 Å². The summed E-state index contributed by atoms with van der Waals surface area (Å²) in [5.41, 5.74) is 0. The average Bonchev–Trinajstić information content (AvgIpc) is 2.40. The number of hydrogen-bond donors (Lipinski definition) is 2. The van der Waals surface area contributed by atoms with Crippen LogP contribution in [-0.4, -0.2) is 22.2 Å². The first-order valence-electron chi connectivity index (χ1n) is 7.77. The second-order valence-corrected chi connectivity index (χ2v) is 4.97. The summed E-state index contributed by atoms with van der Waals surface area (Å²) in [7, 11) is 0. The van der Waals surface area contributed by atoms with Gasteiger partial charge in [-0.25, -0.2) is 0 Å². The first-order chi connectivity index (χ1) is 9.54. The number of carbonyl (C=O) groups is 2. The third-order valence-corrected chi connectivity index (χ3v) is 2.91. The van der Waals surface area contributed by atoms with Gasteiger partial charge in [0.05, 0.1) is 12.8 Å². The standard InChI is InChI=1S/C12H25.C4H6O4.2Na.H/c1-3-5-7-9-11-12-10-8-6-4-2;5-3(6)1-2-4(7)8;;;/h1,3-12H2,2H3;1-2H2,(H,5,6)(H,7,8);;;/q-1;;2*+1;-1. The van der Waals surface area contributed by atoms with Crippen molar-refractivity contribution in [3.05, 3.63) is 6.92 Å². The molecule has 0 fully saturated rings. The number of carboxylic acids is 2. The van der Waals surface area contributed by atoms with Crippen LogP contribution < -0.4 is 59.1 Å². The Morgan fingerprint density at radius 1 is 0.773 bits per heavy atom. The molecule has 0 aliphatic heterocycles. The minimum Gasteiger partial charge on any atom is -1.00 e. The first-order valence-corrected chi connectivity index (χ1v) is 7.77. The van der Waals surface area contributed by atoms with Gasteiger partial charge in [0.25, 0.3) is 0 Å². The van der Waals surface area contributed by atoms with Crippen molar-refractivity contribution < 1.29 is 80.3 Å². The monoisotopic (exact) mass is 334 g/mol. The Morgan fingerprint density at radius 2 is 1.09 bits per heavy atom. The van der Waals surface area contributed by atoms with Gasteiger partial charge in [-0.3, -0.25) is 9.59 Å². The number of hydrogen-bond acceptors (Lipinski definition) is 2. The molecule has 0 spiro atoms. The predicted molar refractivity (Wildman–Crippen MR) is 82.8 cm³/mol. The van der Waals surface area contributed by atoms with E-state index in [1.165, 1.54) is 57.8 Å². The normalized spacial score (nSPS) is 8.82. The molecule has 0 amide bonds. The van der Waals surface area contributed by atoms with E-state index in [1.54, 1.807) is 0 Å². The smallest absolute Gasteiger partial charge is 1.00 e. The van der Waals surface area contributed by atoms with E-state index in [-0.39, 0.29) is 73.4 Å². The van der Waals surface area contributed by atoms with Gasteiger partial charge in [0, 0.05) is 0 Å². The molecular formula is C16H32Na2O4. The number of carboxylic acid groups (broad SMARTS) is 2. The van der Waals surface area contributed by atoms with Crippen LogP contribution in [0.15, 0.2) is 0 Å². The molecule has 2 N–H and O–H groups in total. The van der Waals surface area contributed by atoms with E-state index >= 15 is 0 Å². The van der Waals surface area contributed by atoms with Crippen molar-refractivity contribution in [1.29, 1.82) is 0 Å². The molecule has 4 nitrogen and oxygen atoms in total. The molecule has 22 heavy (non-hydrogen) atoms. The van der Waals surface area contributed by atoms with Crippen LogP contribution in [0.1, 0.15) is 85.4 Å². The minimum atomic E-state index is -1.08. The molecule has 0 aromatic rings. The molecule has 0 bridgehead atoms. The van der Waals surface area contributed by atoms with Gasteiger partial charge < -0.3 is 18.6 Å². The fourth-order valence-electron chi connectivity index (χ4n) is 1.70. The summed E-state index contributed by atoms with van der Waals surface area (Å²) in [5.74, 6) is -2.15. The summed E-state index contributed by atoms with van der Waals surface area (Å²) >= 11 is 0. The topological polar surface area (TPSA) is 74.6 Å². The van der Waals surface area contributed by atoms with Crippen LogP contribution in [0.25, 0.3) is 0 Å². The number of rotatable bonds is 12. The molecule has 0 aliphatic carbocycles. The van der Waals surface area contributed by atoms with Crippen LogP contribution in [0.2, 0.25) is 0 Å². The zero-order valence-corrected chi connectivity index (χ0v) is 18.9. The van der Waals surface area contributed by atoms with Crippen LogP contribution in [0.4, 0.5) is 0 Å². The van der Waals surface area contributed by atoms with Gasteiger partial charge in [-0.05, 0) is 0 Å². The summed E-state index contributed by atoms with van der Waals surface area (Å²) in [4.78, 5) is 19.3. The second kappa shape index (κ2) is 26.8. The first kappa shape index (κ1) is 30.8. The Hall–Kier alpha value is 0.940. The summed E-state index contributed by atoms with van der Waals surface area (Å²) in [6.07, 6.45) is 13.3. The van der Waals surface area contributed by atoms with Crippen LogP contribution in [0.5, 0.6) is 0 Å². The number of aliphatic carboxylic acids is 2. The Balaban J connectivity index is -0.0000000880. The summed E-state index contributed by atoms with van der Waals surface area (Å²) in [6.45, 7) is 6.12. The van der Waals surface area contributed by atoms with E-state index in [1.807, 2.05) is 0 Å². The van der Waals surface area contributed by atoms with Crippen molar-refractivity contribution in [3.8, 4) is 0 Å². The molecular weight excluding hydrogens is 302 g/mol. The molecule has 0 atom stereocenters. The van der Waals surface area contributed by atoms with Gasteiger partial charge >= 0.3 is 71.1 Å². The molecule has 6 heteroatoms. The summed E-state index contributed by atoms with van der Waals surface area (Å²) < 4.78 is 0. The van der Waals surface area contributed by atoms with E-state index in [0.29, 0.717) is 0 Å². The van der Waals surface area contributed by atoms with E-state index < -0.39 is 11.9 Å². The maximum atomic E-state index is 9.64. The fourth-order valence-corrected chi connectivity index (χ4v) is 1.70. The third kappa shape index (κ3) is 37.3. The molecule has 0 saturated heterocycles. The fraction of sp³-hybridized carbons (Fsp3) is 0.812. The minimum absolute atomic E-state index is 0. The van der Waals surface area contributed by atoms with Crippen molar-refractivity contribution in [2.45, 2.75) is 84.0 Å². The number of unbranched alkanes of at least 4 members (excludes halogenated alkanes) is 9. The molecule has 0 saturated carbocycles. The zero-order valence-electron chi connectivity index (χ0n) is 15.9. The Morgan fingerprint density at radius 3 is 1.36 bits per heavy atom. The van der Waals surface area contributed by atoms with Crippen LogP contribution in [-0.2, 0) is 9.59 Å². The van der Waals surface area contributed by atoms with Gasteiger partial charge in [-0.1, -0.05) is 64.7 Å². The molecule has 0 rings (SSSR count). The van der Waals surface area contributed by atoms with E-state index in [9.17, 15) is 9.59 Å². The maximum Gasteiger partial charge on any atom is 1.00 e. The molecule has 0 aromatic carbocycles. The molecule has 0 heterocycles. The molecule has 122 valence electrons. The predicted octanol–water partition coefficient (Wildman–Crippen LogP) is -1.20. The Kier molecular flexibility index (Phi) is 37.5. The SMILES string of the molecule is O=C(O)CCC(=O)O.[CH2-]CCCCCCCCCCC.[H-].[Na+].[Na+]. The Labute approximate surface area is 181 Å². The van der Waals surface area contributed by atoms with Crippen molar-refractivity contribution in [3.63, 3.8) is 0 Å². The van der Waals surface area contributed by atoms with Crippen LogP contribution >= 0.6 is 0 Å². The molecule has 0 unspecified atom stereocenters. The summed E-state index contributed by atoms with van der Waals surface area (Å²) in [6, 6.07) is 0. The largest absolute Gasteiger partial charge is 1.00 e. The summed E-state index contributed by atoms with van der Waals surface area (Å²) in [5, 5.41) is 15.8. The zero-order chi connectivity index (χ0) is 15.6. The van der Waals surface area contributed by atoms with Gasteiger partial charge in [0.15, 0.2) is 0 Å². The quantitative estimate of drug-likeness (QED) is 0.267. The van der Waals surface area contributed by atoms with Crippen molar-refractivity contribution in [2.24, 2.45) is 0 Å². The molecule has 0 aliphatic rings. The molecule has 0 radical (unpaired) electrons. The van der Waals surface area contributed by atoms with Gasteiger partial charge in [0.2, 0.25) is 0 Å². The van der Waals surface area contributed by atoms with Gasteiger partial charge in [-0.2, -0.15) is 6.42 Å². The average molecular weight is 334 g/mol. The van der Waals surface area contributed by atoms with Crippen LogP contribution in [0, 0.1) is 6.92 Å². The molecule has 0 aromatic heterocycles. The third-order valence-electron chi connectivity index (χ3n) is 2.91. The van der Waals surface area contributed by atoms with E-state index in [2.05, 4.69) is 13.8 Å². The van der Waals surface area contributed by atoms with Crippen LogP contribution in [0.3, 0.4) is 0 Å². The Bertz CT molecular complexity index is 218. The van der Waals surface area contributed by atoms with Gasteiger partial charge in [-0.15, -0.1) is 0 Å². The second-order valence-electron chi connectivity index (χ2n) is 4.97.